The lowest BCUT2D eigenvalue weighted by molar-refractivity contribution is 0.413. The first-order valence-corrected chi connectivity index (χ1v) is 5.65. The lowest BCUT2D eigenvalue weighted by Crippen LogP contribution is -2.10. The summed E-state index contributed by atoms with van der Waals surface area (Å²) in [5.41, 5.74) is 7.14. The summed E-state index contributed by atoms with van der Waals surface area (Å²) in [7, 11) is 1.61. The smallest absolute Gasteiger partial charge is 0.137 e. The molecule has 2 N–H and O–H groups in total. The van der Waals surface area contributed by atoms with Crippen molar-refractivity contribution >= 4 is 11.6 Å². The molecule has 1 atom stereocenters. The predicted molar refractivity (Wildman–Crippen MR) is 64.5 cm³/mol. The van der Waals surface area contributed by atoms with Gasteiger partial charge in [0.25, 0.3) is 0 Å². The summed E-state index contributed by atoms with van der Waals surface area (Å²) in [6.07, 6.45) is 3.31. The van der Waals surface area contributed by atoms with Gasteiger partial charge in [0.15, 0.2) is 0 Å². The van der Waals surface area contributed by atoms with Crippen molar-refractivity contribution in [2.24, 2.45) is 5.73 Å². The minimum absolute atomic E-state index is 0.0797. The molecule has 0 aliphatic carbocycles. The molecule has 0 saturated carbocycles. The highest BCUT2D eigenvalue weighted by Gasteiger charge is 2.08. The SMILES string of the molecule is CCCCC(N)c1ccc(Cl)c(OC)c1. The largest absolute Gasteiger partial charge is 0.495 e. The summed E-state index contributed by atoms with van der Waals surface area (Å²) in [4.78, 5) is 0. The van der Waals surface area contributed by atoms with Crippen LogP contribution < -0.4 is 10.5 Å². The highest BCUT2D eigenvalue weighted by molar-refractivity contribution is 6.32. The maximum Gasteiger partial charge on any atom is 0.137 e. The summed E-state index contributed by atoms with van der Waals surface area (Å²) in [6.45, 7) is 2.16. The molecule has 0 heterocycles. The third kappa shape index (κ3) is 3.40. The summed E-state index contributed by atoms with van der Waals surface area (Å²) < 4.78 is 5.15. The molecule has 1 unspecified atom stereocenters. The predicted octanol–water partition coefficient (Wildman–Crippen LogP) is 3.54. The monoisotopic (exact) mass is 227 g/mol. The Kier molecular flexibility index (Phi) is 4.92. The van der Waals surface area contributed by atoms with Crippen molar-refractivity contribution in [3.63, 3.8) is 0 Å². The van der Waals surface area contributed by atoms with Gasteiger partial charge in [-0.1, -0.05) is 37.4 Å². The van der Waals surface area contributed by atoms with E-state index in [4.69, 9.17) is 22.1 Å². The van der Waals surface area contributed by atoms with Crippen LogP contribution in [0.5, 0.6) is 5.75 Å². The first-order valence-electron chi connectivity index (χ1n) is 5.28. The molecule has 1 aromatic carbocycles. The van der Waals surface area contributed by atoms with E-state index in [0.29, 0.717) is 10.8 Å². The second kappa shape index (κ2) is 5.99. The van der Waals surface area contributed by atoms with E-state index in [9.17, 15) is 0 Å². The number of halogens is 1. The number of hydrogen-bond donors (Lipinski definition) is 1. The Morgan fingerprint density at radius 3 is 2.80 bits per heavy atom. The zero-order valence-electron chi connectivity index (χ0n) is 9.29. The van der Waals surface area contributed by atoms with Crippen molar-refractivity contribution in [2.45, 2.75) is 32.2 Å². The lowest BCUT2D eigenvalue weighted by atomic mass is 10.0. The van der Waals surface area contributed by atoms with Crippen LogP contribution in [0.4, 0.5) is 0 Å². The van der Waals surface area contributed by atoms with Gasteiger partial charge in [-0.05, 0) is 24.1 Å². The molecule has 0 aromatic heterocycles. The van der Waals surface area contributed by atoms with Crippen LogP contribution in [-0.2, 0) is 0 Å². The molecule has 3 heteroatoms. The van der Waals surface area contributed by atoms with Crippen molar-refractivity contribution in [3.8, 4) is 5.75 Å². The zero-order chi connectivity index (χ0) is 11.3. The first kappa shape index (κ1) is 12.3. The summed E-state index contributed by atoms with van der Waals surface area (Å²) in [5, 5.41) is 0.629. The second-order valence-electron chi connectivity index (χ2n) is 3.64. The zero-order valence-corrected chi connectivity index (χ0v) is 10.1. The fourth-order valence-corrected chi connectivity index (χ4v) is 1.69. The van der Waals surface area contributed by atoms with Crippen molar-refractivity contribution in [1.82, 2.24) is 0 Å². The molecular formula is C12H18ClNO. The maximum absolute atomic E-state index is 6.06. The van der Waals surface area contributed by atoms with Crippen LogP contribution >= 0.6 is 11.6 Å². The molecule has 15 heavy (non-hydrogen) atoms. The van der Waals surface area contributed by atoms with E-state index in [-0.39, 0.29) is 6.04 Å². The average Bonchev–Trinajstić information content (AvgIpc) is 2.26. The molecule has 0 bridgehead atoms. The van der Waals surface area contributed by atoms with Gasteiger partial charge in [0, 0.05) is 6.04 Å². The van der Waals surface area contributed by atoms with Crippen LogP contribution in [0, 0.1) is 0 Å². The van der Waals surface area contributed by atoms with Crippen molar-refractivity contribution in [3.05, 3.63) is 28.8 Å². The molecule has 0 radical (unpaired) electrons. The fourth-order valence-electron chi connectivity index (χ4n) is 1.50. The van der Waals surface area contributed by atoms with E-state index >= 15 is 0 Å². The van der Waals surface area contributed by atoms with Gasteiger partial charge in [-0.2, -0.15) is 0 Å². The maximum atomic E-state index is 6.06. The Morgan fingerprint density at radius 1 is 1.47 bits per heavy atom. The number of benzene rings is 1. The van der Waals surface area contributed by atoms with Gasteiger partial charge >= 0.3 is 0 Å². The van der Waals surface area contributed by atoms with Crippen LogP contribution in [-0.4, -0.2) is 7.11 Å². The van der Waals surface area contributed by atoms with Crippen LogP contribution in [0.15, 0.2) is 18.2 Å². The Hall–Kier alpha value is -0.730. The topological polar surface area (TPSA) is 35.2 Å². The van der Waals surface area contributed by atoms with Gasteiger partial charge in [0.2, 0.25) is 0 Å². The van der Waals surface area contributed by atoms with Crippen molar-refractivity contribution < 1.29 is 4.74 Å². The molecule has 0 spiro atoms. The molecule has 0 fully saturated rings. The number of unbranched alkanes of at least 4 members (excludes halogenated alkanes) is 1. The number of rotatable bonds is 5. The number of methoxy groups -OCH3 is 1. The molecular weight excluding hydrogens is 210 g/mol. The summed E-state index contributed by atoms with van der Waals surface area (Å²) in [5.74, 6) is 0.695. The Balaban J connectivity index is 2.76. The van der Waals surface area contributed by atoms with Crippen molar-refractivity contribution in [1.29, 1.82) is 0 Å². The van der Waals surface area contributed by atoms with Gasteiger partial charge in [0.05, 0.1) is 12.1 Å². The molecule has 0 aliphatic rings. The number of ether oxygens (including phenoxy) is 1. The van der Waals surface area contributed by atoms with Crippen molar-refractivity contribution in [2.75, 3.05) is 7.11 Å². The molecule has 84 valence electrons. The van der Waals surface area contributed by atoms with E-state index in [0.717, 1.165) is 18.4 Å². The Morgan fingerprint density at radius 2 is 2.20 bits per heavy atom. The van der Waals surface area contributed by atoms with E-state index in [1.165, 1.54) is 6.42 Å². The quantitative estimate of drug-likeness (QED) is 0.835. The van der Waals surface area contributed by atoms with Gasteiger partial charge in [-0.15, -0.1) is 0 Å². The molecule has 1 aromatic rings. The van der Waals surface area contributed by atoms with Gasteiger partial charge in [0.1, 0.15) is 5.75 Å². The number of nitrogens with two attached hydrogens (primary N) is 1. The van der Waals surface area contributed by atoms with Crippen LogP contribution in [0.25, 0.3) is 0 Å². The summed E-state index contributed by atoms with van der Waals surface area (Å²) in [6, 6.07) is 5.80. The van der Waals surface area contributed by atoms with E-state index < -0.39 is 0 Å². The third-order valence-corrected chi connectivity index (χ3v) is 2.78. The van der Waals surface area contributed by atoms with E-state index in [1.807, 2.05) is 18.2 Å². The van der Waals surface area contributed by atoms with Crippen LogP contribution in [0.3, 0.4) is 0 Å². The first-order chi connectivity index (χ1) is 7.19. The highest BCUT2D eigenvalue weighted by atomic mass is 35.5. The molecule has 0 amide bonds. The average molecular weight is 228 g/mol. The fraction of sp³-hybridized carbons (Fsp3) is 0.500. The molecule has 0 saturated heterocycles. The third-order valence-electron chi connectivity index (χ3n) is 2.47. The van der Waals surface area contributed by atoms with Crippen LogP contribution in [0.2, 0.25) is 5.02 Å². The second-order valence-corrected chi connectivity index (χ2v) is 4.05. The summed E-state index contributed by atoms with van der Waals surface area (Å²) >= 11 is 5.94. The van der Waals surface area contributed by atoms with Gasteiger partial charge < -0.3 is 10.5 Å². The van der Waals surface area contributed by atoms with Crippen LogP contribution in [0.1, 0.15) is 37.8 Å². The van der Waals surface area contributed by atoms with Gasteiger partial charge in [-0.25, -0.2) is 0 Å². The standard InChI is InChI=1S/C12H18ClNO/c1-3-4-5-11(14)9-6-7-10(13)12(8-9)15-2/h6-8,11H,3-5,14H2,1-2H3. The van der Waals surface area contributed by atoms with E-state index in [1.54, 1.807) is 7.11 Å². The molecule has 1 rings (SSSR count). The molecule has 2 nitrogen and oxygen atoms in total. The minimum atomic E-state index is 0.0797. The van der Waals surface area contributed by atoms with E-state index in [2.05, 4.69) is 6.92 Å². The lowest BCUT2D eigenvalue weighted by Gasteiger charge is -2.13. The Labute approximate surface area is 96.4 Å². The minimum Gasteiger partial charge on any atom is -0.495 e. The Bertz CT molecular complexity index is 314. The molecule has 0 aliphatic heterocycles. The van der Waals surface area contributed by atoms with Gasteiger partial charge in [-0.3, -0.25) is 0 Å². The number of hydrogen-bond acceptors (Lipinski definition) is 2. The highest BCUT2D eigenvalue weighted by Crippen LogP contribution is 2.28. The normalized spacial score (nSPS) is 12.5.